The molecule has 23 heavy (non-hydrogen) atoms. The van der Waals surface area contributed by atoms with Gasteiger partial charge in [0.2, 0.25) is 0 Å². The molecular weight excluding hydrogens is 360 g/mol. The lowest BCUT2D eigenvalue weighted by Gasteiger charge is -2.08. The van der Waals surface area contributed by atoms with E-state index in [-0.39, 0.29) is 16.6 Å². The summed E-state index contributed by atoms with van der Waals surface area (Å²) >= 11 is 3.26. The molecule has 0 heterocycles. The molecule has 4 nitrogen and oxygen atoms in total. The predicted molar refractivity (Wildman–Crippen MR) is 91.3 cm³/mol. The number of halogens is 1. The Hall–Kier alpha value is -2.14. The Kier molecular flexibility index (Phi) is 5.93. The maximum atomic E-state index is 11.8. The summed E-state index contributed by atoms with van der Waals surface area (Å²) in [5.74, 6) is 0.356. The summed E-state index contributed by atoms with van der Waals surface area (Å²) in [4.78, 5) is 23.0. The number of hydrogen-bond acceptors (Lipinski definition) is 4. The molecule has 1 atom stereocenters. The molecular formula is C18H17BrO4. The standard InChI is InChI=1S/C18H17BrO4/c1-12(19)17(20)14-7-9-16(10-8-14)23-11-13-3-5-15(6-4-13)18(21)22-2/h3-10,12H,11H2,1-2H3/t12-/m0/s1. The topological polar surface area (TPSA) is 52.6 Å². The van der Waals surface area contributed by atoms with Crippen LogP contribution in [-0.4, -0.2) is 23.7 Å². The number of benzene rings is 2. The van der Waals surface area contributed by atoms with Crippen LogP contribution in [0.25, 0.3) is 0 Å². The van der Waals surface area contributed by atoms with Crippen LogP contribution in [0.3, 0.4) is 0 Å². The van der Waals surface area contributed by atoms with E-state index in [4.69, 9.17) is 4.74 Å². The minimum Gasteiger partial charge on any atom is -0.489 e. The van der Waals surface area contributed by atoms with Gasteiger partial charge in [0.15, 0.2) is 5.78 Å². The lowest BCUT2D eigenvalue weighted by atomic mass is 10.1. The van der Waals surface area contributed by atoms with Gasteiger partial charge in [0.1, 0.15) is 12.4 Å². The van der Waals surface area contributed by atoms with Crippen LogP contribution < -0.4 is 4.74 Å². The van der Waals surface area contributed by atoms with E-state index in [0.29, 0.717) is 23.5 Å². The molecule has 0 aliphatic rings. The number of rotatable bonds is 6. The van der Waals surface area contributed by atoms with Gasteiger partial charge in [-0.1, -0.05) is 28.1 Å². The highest BCUT2D eigenvalue weighted by Gasteiger charge is 2.11. The third kappa shape index (κ3) is 4.66. The second-order valence-corrected chi connectivity index (χ2v) is 6.36. The third-order valence-corrected chi connectivity index (χ3v) is 3.70. The molecule has 0 bridgehead atoms. The molecule has 0 aliphatic heterocycles. The number of ketones is 1. The summed E-state index contributed by atoms with van der Waals surface area (Å²) in [6, 6.07) is 14.1. The fourth-order valence-electron chi connectivity index (χ4n) is 1.97. The van der Waals surface area contributed by atoms with Gasteiger partial charge in [0.25, 0.3) is 0 Å². The van der Waals surface area contributed by atoms with Crippen LogP contribution in [0.4, 0.5) is 0 Å². The Morgan fingerprint density at radius 1 is 1.00 bits per heavy atom. The molecule has 0 fully saturated rings. The first-order valence-corrected chi connectivity index (χ1v) is 8.01. The predicted octanol–water partition coefficient (Wildman–Crippen LogP) is 4.02. The van der Waals surface area contributed by atoms with Crippen molar-refractivity contribution in [2.24, 2.45) is 0 Å². The number of hydrogen-bond donors (Lipinski definition) is 0. The van der Waals surface area contributed by atoms with Gasteiger partial charge < -0.3 is 9.47 Å². The zero-order valence-electron chi connectivity index (χ0n) is 12.9. The van der Waals surface area contributed by atoms with Crippen LogP contribution in [0.2, 0.25) is 0 Å². The third-order valence-electron chi connectivity index (χ3n) is 3.28. The van der Waals surface area contributed by atoms with Crippen molar-refractivity contribution in [1.29, 1.82) is 0 Å². The van der Waals surface area contributed by atoms with E-state index in [1.165, 1.54) is 7.11 Å². The largest absolute Gasteiger partial charge is 0.489 e. The van der Waals surface area contributed by atoms with E-state index in [2.05, 4.69) is 20.7 Å². The average molecular weight is 377 g/mol. The van der Waals surface area contributed by atoms with Gasteiger partial charge >= 0.3 is 5.97 Å². The van der Waals surface area contributed by atoms with E-state index in [1.807, 2.05) is 12.1 Å². The summed E-state index contributed by atoms with van der Waals surface area (Å²) in [6.45, 7) is 2.17. The Labute approximate surface area is 143 Å². The maximum Gasteiger partial charge on any atom is 0.337 e. The van der Waals surface area contributed by atoms with E-state index in [0.717, 1.165) is 5.56 Å². The number of ether oxygens (including phenoxy) is 2. The molecule has 2 aromatic carbocycles. The molecule has 0 radical (unpaired) electrons. The number of alkyl halides is 1. The van der Waals surface area contributed by atoms with Crippen molar-refractivity contribution in [3.8, 4) is 5.75 Å². The Morgan fingerprint density at radius 3 is 2.09 bits per heavy atom. The van der Waals surface area contributed by atoms with Gasteiger partial charge in [0.05, 0.1) is 17.5 Å². The molecule has 0 saturated carbocycles. The molecule has 0 aromatic heterocycles. The van der Waals surface area contributed by atoms with E-state index in [1.54, 1.807) is 43.3 Å². The Bertz CT molecular complexity index is 675. The fraction of sp³-hybridized carbons (Fsp3) is 0.222. The quantitative estimate of drug-likeness (QED) is 0.434. The van der Waals surface area contributed by atoms with Gasteiger partial charge in [0, 0.05) is 5.56 Å². The summed E-state index contributed by atoms with van der Waals surface area (Å²) in [7, 11) is 1.35. The van der Waals surface area contributed by atoms with Crippen molar-refractivity contribution < 1.29 is 19.1 Å². The van der Waals surface area contributed by atoms with Gasteiger partial charge in [-0.05, 0) is 48.9 Å². The molecule has 120 valence electrons. The Balaban J connectivity index is 1.95. The molecule has 0 amide bonds. The first-order chi connectivity index (χ1) is 11.0. The monoisotopic (exact) mass is 376 g/mol. The van der Waals surface area contributed by atoms with Crippen molar-refractivity contribution in [2.75, 3.05) is 7.11 Å². The second-order valence-electron chi connectivity index (χ2n) is 4.98. The van der Waals surface area contributed by atoms with E-state index < -0.39 is 0 Å². The number of methoxy groups -OCH3 is 1. The van der Waals surface area contributed by atoms with Gasteiger partial charge in [-0.25, -0.2) is 4.79 Å². The molecule has 2 rings (SSSR count). The number of esters is 1. The highest BCUT2D eigenvalue weighted by molar-refractivity contribution is 9.10. The van der Waals surface area contributed by atoms with Crippen molar-refractivity contribution in [2.45, 2.75) is 18.4 Å². The maximum absolute atomic E-state index is 11.8. The number of Topliss-reactive ketones (excluding diaryl/α,β-unsaturated/α-hetero) is 1. The highest BCUT2D eigenvalue weighted by Crippen LogP contribution is 2.17. The van der Waals surface area contributed by atoms with Crippen molar-refractivity contribution in [3.05, 3.63) is 65.2 Å². The van der Waals surface area contributed by atoms with Crippen LogP contribution in [0.15, 0.2) is 48.5 Å². The van der Waals surface area contributed by atoms with E-state index >= 15 is 0 Å². The smallest absolute Gasteiger partial charge is 0.337 e. The summed E-state index contributed by atoms with van der Waals surface area (Å²) in [6.07, 6.45) is 0. The van der Waals surface area contributed by atoms with Crippen LogP contribution in [0, 0.1) is 0 Å². The SMILES string of the molecule is COC(=O)c1ccc(COc2ccc(C(=O)[C@H](C)Br)cc2)cc1. The van der Waals surface area contributed by atoms with Crippen molar-refractivity contribution in [3.63, 3.8) is 0 Å². The van der Waals surface area contributed by atoms with Crippen LogP contribution >= 0.6 is 15.9 Å². The molecule has 5 heteroatoms. The normalized spacial score (nSPS) is 11.6. The first-order valence-electron chi connectivity index (χ1n) is 7.09. The summed E-state index contributed by atoms with van der Waals surface area (Å²) < 4.78 is 10.3. The highest BCUT2D eigenvalue weighted by atomic mass is 79.9. The molecule has 0 unspecified atom stereocenters. The second kappa shape index (κ2) is 7.92. The van der Waals surface area contributed by atoms with Gasteiger partial charge in [-0.2, -0.15) is 0 Å². The van der Waals surface area contributed by atoms with Crippen molar-refractivity contribution in [1.82, 2.24) is 0 Å². The summed E-state index contributed by atoms with van der Waals surface area (Å²) in [5.41, 5.74) is 2.08. The molecule has 0 N–H and O–H groups in total. The first kappa shape index (κ1) is 17.2. The van der Waals surface area contributed by atoms with Gasteiger partial charge in [-0.15, -0.1) is 0 Å². The zero-order valence-corrected chi connectivity index (χ0v) is 14.5. The lowest BCUT2D eigenvalue weighted by molar-refractivity contribution is 0.0600. The van der Waals surface area contributed by atoms with Crippen LogP contribution in [-0.2, 0) is 11.3 Å². The number of carbonyl (C=O) groups excluding carboxylic acids is 2. The average Bonchev–Trinajstić information content (AvgIpc) is 2.59. The summed E-state index contributed by atoms with van der Waals surface area (Å²) in [5, 5.41) is 0. The minimum absolute atomic E-state index is 0.0370. The van der Waals surface area contributed by atoms with Crippen LogP contribution in [0.5, 0.6) is 5.75 Å². The van der Waals surface area contributed by atoms with Gasteiger partial charge in [-0.3, -0.25) is 4.79 Å². The number of carbonyl (C=O) groups is 2. The lowest BCUT2D eigenvalue weighted by Crippen LogP contribution is -2.09. The molecule has 0 spiro atoms. The minimum atomic E-state index is -0.362. The Morgan fingerprint density at radius 2 is 1.57 bits per heavy atom. The van der Waals surface area contributed by atoms with Crippen molar-refractivity contribution >= 4 is 27.7 Å². The molecule has 0 aliphatic carbocycles. The molecule has 0 saturated heterocycles. The zero-order chi connectivity index (χ0) is 16.8. The fourth-order valence-corrected chi connectivity index (χ4v) is 2.23. The van der Waals surface area contributed by atoms with Crippen LogP contribution in [0.1, 0.15) is 33.2 Å². The molecule has 2 aromatic rings. The van der Waals surface area contributed by atoms with E-state index in [9.17, 15) is 9.59 Å².